The fourth-order valence-electron chi connectivity index (χ4n) is 9.45. The lowest BCUT2D eigenvalue weighted by Crippen LogP contribution is -2.30. The van der Waals surface area contributed by atoms with E-state index in [-0.39, 0.29) is 25.7 Å². The van der Waals surface area contributed by atoms with E-state index in [1.807, 2.05) is 18.2 Å². The van der Waals surface area contributed by atoms with Gasteiger partial charge in [-0.3, -0.25) is 37.3 Å². The van der Waals surface area contributed by atoms with Gasteiger partial charge in [-0.25, -0.2) is 9.13 Å². The molecule has 17 nitrogen and oxygen atoms in total. The number of allylic oxidation sites excluding steroid dienone is 22. The molecular formula is C79H132O17P2. The first-order valence-corrected chi connectivity index (χ1v) is 40.4. The largest absolute Gasteiger partial charge is 0.472 e. The Morgan fingerprint density at radius 2 is 0.561 bits per heavy atom. The zero-order valence-corrected chi connectivity index (χ0v) is 62.7. The van der Waals surface area contributed by atoms with Crippen molar-refractivity contribution in [1.29, 1.82) is 0 Å². The van der Waals surface area contributed by atoms with Gasteiger partial charge in [0.15, 0.2) is 12.2 Å². The number of phosphoric acid groups is 2. The highest BCUT2D eigenvalue weighted by Gasteiger charge is 2.30. The molecule has 0 amide bonds. The summed E-state index contributed by atoms with van der Waals surface area (Å²) in [5.74, 6) is -2.31. The van der Waals surface area contributed by atoms with Crippen molar-refractivity contribution in [3.63, 3.8) is 0 Å². The number of aliphatic hydroxyl groups excluding tert-OH is 1. The Morgan fingerprint density at radius 1 is 0.296 bits per heavy atom. The summed E-state index contributed by atoms with van der Waals surface area (Å²) in [5, 5.41) is 10.6. The van der Waals surface area contributed by atoms with Crippen LogP contribution in [0.5, 0.6) is 0 Å². The lowest BCUT2D eigenvalue weighted by molar-refractivity contribution is -0.161. The van der Waals surface area contributed by atoms with E-state index >= 15 is 0 Å². The predicted molar refractivity (Wildman–Crippen MR) is 399 cm³/mol. The fourth-order valence-corrected chi connectivity index (χ4v) is 11.0. The molecule has 0 spiro atoms. The first-order chi connectivity index (χ1) is 47.7. The van der Waals surface area contributed by atoms with Crippen LogP contribution in [-0.2, 0) is 65.4 Å². The average Bonchev–Trinajstić information content (AvgIpc) is 1.03. The van der Waals surface area contributed by atoms with E-state index in [1.165, 1.54) is 51.4 Å². The molecule has 560 valence electrons. The zero-order chi connectivity index (χ0) is 71.8. The summed E-state index contributed by atoms with van der Waals surface area (Å²) in [6.07, 6.45) is 77.6. The first-order valence-electron chi connectivity index (χ1n) is 37.4. The number of esters is 4. The molecule has 0 saturated carbocycles. The zero-order valence-electron chi connectivity index (χ0n) is 60.9. The normalized spacial score (nSPS) is 14.7. The van der Waals surface area contributed by atoms with Gasteiger partial charge in [0.05, 0.1) is 26.4 Å². The maximum Gasteiger partial charge on any atom is 0.472 e. The van der Waals surface area contributed by atoms with Gasteiger partial charge in [-0.15, -0.1) is 0 Å². The molecule has 0 aliphatic carbocycles. The fraction of sp³-hybridized carbons (Fsp3) is 0.671. The number of carbonyl (C=O) groups excluding carboxylic acids is 4. The monoisotopic (exact) mass is 1410 g/mol. The second-order valence-corrected chi connectivity index (χ2v) is 27.4. The molecule has 0 radical (unpaired) electrons. The maximum atomic E-state index is 13.0. The van der Waals surface area contributed by atoms with Crippen molar-refractivity contribution in [2.75, 3.05) is 39.6 Å². The lowest BCUT2D eigenvalue weighted by atomic mass is 10.1. The molecule has 0 aromatic carbocycles. The number of hydrogen-bond acceptors (Lipinski definition) is 15. The molecule has 5 unspecified atom stereocenters. The number of unbranched alkanes of at least 4 members (excludes halogenated alkanes) is 21. The first kappa shape index (κ1) is 93.2. The topological polar surface area (TPSA) is 237 Å². The van der Waals surface area contributed by atoms with Crippen LogP contribution in [0.25, 0.3) is 0 Å². The Hall–Kier alpha value is -4.80. The van der Waals surface area contributed by atoms with Crippen molar-refractivity contribution in [1.82, 2.24) is 0 Å². The minimum absolute atomic E-state index is 0.0319. The van der Waals surface area contributed by atoms with Crippen LogP contribution in [0, 0.1) is 0 Å². The van der Waals surface area contributed by atoms with Gasteiger partial charge in [-0.1, -0.05) is 271 Å². The van der Waals surface area contributed by atoms with E-state index in [1.54, 1.807) is 0 Å². The van der Waals surface area contributed by atoms with Gasteiger partial charge in [-0.2, -0.15) is 0 Å². The van der Waals surface area contributed by atoms with Gasteiger partial charge >= 0.3 is 39.5 Å². The van der Waals surface area contributed by atoms with Crippen LogP contribution >= 0.6 is 15.6 Å². The Labute approximate surface area is 593 Å². The van der Waals surface area contributed by atoms with Gasteiger partial charge in [0.25, 0.3) is 0 Å². The Kier molecular flexibility index (Phi) is 67.2. The number of carbonyl (C=O) groups is 4. The Morgan fingerprint density at radius 3 is 0.918 bits per heavy atom. The molecule has 0 aromatic heterocycles. The van der Waals surface area contributed by atoms with Crippen molar-refractivity contribution in [3.8, 4) is 0 Å². The third kappa shape index (κ3) is 69.7. The van der Waals surface area contributed by atoms with E-state index in [4.69, 9.17) is 37.0 Å². The van der Waals surface area contributed by atoms with Crippen molar-refractivity contribution < 1.29 is 80.2 Å². The molecule has 0 aliphatic heterocycles. The van der Waals surface area contributed by atoms with Crippen LogP contribution in [0.15, 0.2) is 134 Å². The van der Waals surface area contributed by atoms with Gasteiger partial charge in [-0.05, 0) is 122 Å². The van der Waals surface area contributed by atoms with E-state index in [2.05, 4.69) is 143 Å². The van der Waals surface area contributed by atoms with E-state index in [0.717, 1.165) is 148 Å². The number of rotatable bonds is 69. The number of ether oxygens (including phenoxy) is 4. The van der Waals surface area contributed by atoms with Crippen LogP contribution in [0.4, 0.5) is 0 Å². The Bertz CT molecular complexity index is 2380. The van der Waals surface area contributed by atoms with Gasteiger partial charge < -0.3 is 33.8 Å². The van der Waals surface area contributed by atoms with Crippen LogP contribution in [0.2, 0.25) is 0 Å². The quantitative estimate of drug-likeness (QED) is 0.0169. The highest BCUT2D eigenvalue weighted by molar-refractivity contribution is 7.47. The molecule has 0 fully saturated rings. The van der Waals surface area contributed by atoms with Gasteiger partial charge in [0.1, 0.15) is 19.3 Å². The van der Waals surface area contributed by atoms with Crippen molar-refractivity contribution >= 4 is 39.5 Å². The summed E-state index contributed by atoms with van der Waals surface area (Å²) in [6.45, 7) is 4.46. The second-order valence-electron chi connectivity index (χ2n) is 24.5. The molecule has 5 atom stereocenters. The summed E-state index contributed by atoms with van der Waals surface area (Å²) in [6, 6.07) is 0. The molecule has 98 heavy (non-hydrogen) atoms. The summed E-state index contributed by atoms with van der Waals surface area (Å²) in [5.41, 5.74) is 0. The third-order valence-corrected chi connectivity index (χ3v) is 17.0. The molecular weight excluding hydrogens is 1280 g/mol. The van der Waals surface area contributed by atoms with Crippen molar-refractivity contribution in [2.24, 2.45) is 0 Å². The van der Waals surface area contributed by atoms with E-state index in [9.17, 15) is 43.2 Å². The standard InChI is InChI=1S/C79H132O17P2/c1-5-9-13-17-21-25-29-31-33-35-36-38-40-42-46-48-52-56-60-64-77(82)90-70-75(96-79(84)66-62-58-54-50-44-28-24-20-16-12-8-4)72-94-98(87,88)92-68-73(80)67-91-97(85,86)93-71-74(95-78(83)65-61-57-53-49-43-27-23-19-15-11-7-3)69-89-76(81)63-59-55-51-47-45-41-39-37-34-32-30-26-22-18-14-10-6-2/h9-10,13-14,20-22,24-26,31-34,36,38-39,41-42,46,52,56,73-75,80H,5-8,11-12,15-19,23,27-30,35,37,40,43-45,47-51,53-55,57-72H2,1-4H3,(H,85,86)(H,87,88)/b13-9-,14-10-,24-20-,25-21-,26-22-,33-31-,34-32-,38-36-,41-39-,46-42-,56-52-. The van der Waals surface area contributed by atoms with Crippen LogP contribution in [-0.4, -0.2) is 96.7 Å². The maximum absolute atomic E-state index is 13.0. The molecule has 0 rings (SSSR count). The lowest BCUT2D eigenvalue weighted by Gasteiger charge is -2.21. The predicted octanol–water partition coefficient (Wildman–Crippen LogP) is 21.3. The molecule has 0 aliphatic rings. The molecule has 0 aromatic rings. The van der Waals surface area contributed by atoms with Gasteiger partial charge in [0, 0.05) is 25.7 Å². The SMILES string of the molecule is CC/C=C\C/C=C\C/C=C\C/C=C\C/C=C\C/C=C\CCC(=O)OCC(COP(=O)(O)OCC(O)COP(=O)(O)OCC(COC(=O)CCCCCC/C=C\C/C=C\C/C=C\C/C=C\CC)OC(=O)CCCCCCCCCCCCC)OC(=O)CCCCCCC/C=C\CCCC. The summed E-state index contributed by atoms with van der Waals surface area (Å²) >= 11 is 0. The average molecular weight is 1420 g/mol. The molecule has 0 saturated heterocycles. The molecule has 0 bridgehead atoms. The molecule has 19 heteroatoms. The molecule has 3 N–H and O–H groups in total. The van der Waals surface area contributed by atoms with E-state index < -0.39 is 97.5 Å². The minimum atomic E-state index is -4.99. The van der Waals surface area contributed by atoms with Crippen LogP contribution < -0.4 is 0 Å². The minimum Gasteiger partial charge on any atom is -0.462 e. The van der Waals surface area contributed by atoms with Gasteiger partial charge in [0.2, 0.25) is 0 Å². The Balaban J connectivity index is 5.37. The van der Waals surface area contributed by atoms with Crippen molar-refractivity contribution in [3.05, 3.63) is 134 Å². The summed E-state index contributed by atoms with van der Waals surface area (Å²) in [4.78, 5) is 72.7. The van der Waals surface area contributed by atoms with Crippen LogP contribution in [0.3, 0.4) is 0 Å². The smallest absolute Gasteiger partial charge is 0.462 e. The van der Waals surface area contributed by atoms with Crippen LogP contribution in [0.1, 0.15) is 285 Å². The third-order valence-electron chi connectivity index (χ3n) is 15.1. The molecule has 0 heterocycles. The number of aliphatic hydroxyl groups is 1. The number of hydrogen-bond donors (Lipinski definition) is 3. The highest BCUT2D eigenvalue weighted by Crippen LogP contribution is 2.45. The highest BCUT2D eigenvalue weighted by atomic mass is 31.2. The summed E-state index contributed by atoms with van der Waals surface area (Å²) in [7, 11) is -9.97. The van der Waals surface area contributed by atoms with E-state index in [0.29, 0.717) is 32.1 Å². The summed E-state index contributed by atoms with van der Waals surface area (Å²) < 4.78 is 68.2. The number of phosphoric ester groups is 2. The van der Waals surface area contributed by atoms with Crippen molar-refractivity contribution in [2.45, 2.75) is 303 Å². The second kappa shape index (κ2) is 70.6.